The highest BCUT2D eigenvalue weighted by Gasteiger charge is 2.53. The number of carbonyl (C=O) groups excluding carboxylic acids is 2. The minimum absolute atomic E-state index is 0.0996. The first kappa shape index (κ1) is 18.9. The van der Waals surface area contributed by atoms with E-state index in [-0.39, 0.29) is 18.4 Å². The fraction of sp³-hybridized carbons (Fsp3) is 0.619. The maximum Gasteiger partial charge on any atom is 0.256 e. The summed E-state index contributed by atoms with van der Waals surface area (Å²) in [7, 11) is 0. The number of ether oxygens (including phenoxy) is 1. The van der Waals surface area contributed by atoms with Gasteiger partial charge in [-0.2, -0.15) is 0 Å². The van der Waals surface area contributed by atoms with Crippen molar-refractivity contribution >= 4 is 11.8 Å². The minimum atomic E-state index is -0.637. The average molecular weight is 358 g/mol. The van der Waals surface area contributed by atoms with Gasteiger partial charge >= 0.3 is 0 Å². The van der Waals surface area contributed by atoms with Gasteiger partial charge in [0.1, 0.15) is 11.8 Å². The second-order valence-electron chi connectivity index (χ2n) is 7.79. The molecular formula is C21H30N2O3. The van der Waals surface area contributed by atoms with Crippen LogP contribution in [0, 0.1) is 12.8 Å². The maximum atomic E-state index is 13.4. The third kappa shape index (κ3) is 3.63. The van der Waals surface area contributed by atoms with Gasteiger partial charge in [0.15, 0.2) is 0 Å². The molecule has 142 valence electrons. The highest BCUT2D eigenvalue weighted by Crippen LogP contribution is 2.43. The zero-order valence-corrected chi connectivity index (χ0v) is 16.1. The molecule has 0 radical (unpaired) electrons. The standard InChI is InChI=1S/C21H30N2O3/c1-4-12-22-19(24)18-14-26-21(10-8-15(2)9-11-21)23(18)20(25)17-7-5-6-16(3)13-17/h5-7,13,15,18H,4,8-12,14H2,1-3H3,(H,22,24)/t15?,18-,21?/m0/s1. The SMILES string of the molecule is CCCNC(=O)[C@@H]1COC2(CCC(C)CC2)N1C(=O)c1cccc(C)c1. The molecule has 5 heteroatoms. The van der Waals surface area contributed by atoms with Crippen molar-refractivity contribution in [1.82, 2.24) is 10.2 Å². The van der Waals surface area contributed by atoms with Crippen molar-refractivity contribution in [3.05, 3.63) is 35.4 Å². The van der Waals surface area contributed by atoms with Crippen LogP contribution in [0.4, 0.5) is 0 Å². The number of benzene rings is 1. The fourth-order valence-electron chi connectivity index (χ4n) is 4.06. The molecule has 5 nitrogen and oxygen atoms in total. The molecule has 2 fully saturated rings. The summed E-state index contributed by atoms with van der Waals surface area (Å²) in [6, 6.07) is 7.03. The van der Waals surface area contributed by atoms with Gasteiger partial charge in [-0.25, -0.2) is 0 Å². The molecule has 1 atom stereocenters. The molecule has 1 spiro atoms. The summed E-state index contributed by atoms with van der Waals surface area (Å²) in [5.41, 5.74) is 1.03. The zero-order valence-electron chi connectivity index (χ0n) is 16.1. The van der Waals surface area contributed by atoms with E-state index in [9.17, 15) is 9.59 Å². The molecule has 0 aromatic heterocycles. The first-order valence-electron chi connectivity index (χ1n) is 9.79. The Balaban J connectivity index is 1.91. The van der Waals surface area contributed by atoms with Gasteiger partial charge in [-0.15, -0.1) is 0 Å². The molecule has 26 heavy (non-hydrogen) atoms. The molecule has 1 heterocycles. The first-order valence-corrected chi connectivity index (χ1v) is 9.79. The Morgan fingerprint density at radius 3 is 2.69 bits per heavy atom. The van der Waals surface area contributed by atoms with Crippen LogP contribution in [-0.2, 0) is 9.53 Å². The second-order valence-corrected chi connectivity index (χ2v) is 7.79. The van der Waals surface area contributed by atoms with E-state index in [1.807, 2.05) is 38.1 Å². The Bertz CT molecular complexity index is 665. The van der Waals surface area contributed by atoms with E-state index in [2.05, 4.69) is 12.2 Å². The second kappa shape index (κ2) is 7.78. The van der Waals surface area contributed by atoms with Crippen LogP contribution in [0.2, 0.25) is 0 Å². The van der Waals surface area contributed by atoms with Gasteiger partial charge < -0.3 is 10.1 Å². The van der Waals surface area contributed by atoms with Gasteiger partial charge in [0.25, 0.3) is 5.91 Å². The Kier molecular flexibility index (Phi) is 5.66. The normalized spacial score (nSPS) is 28.3. The van der Waals surface area contributed by atoms with E-state index in [1.54, 1.807) is 4.90 Å². The molecule has 1 aromatic rings. The van der Waals surface area contributed by atoms with E-state index in [0.29, 0.717) is 18.0 Å². The van der Waals surface area contributed by atoms with Crippen molar-refractivity contribution in [2.45, 2.75) is 64.6 Å². The van der Waals surface area contributed by atoms with E-state index in [4.69, 9.17) is 4.74 Å². The lowest BCUT2D eigenvalue weighted by Crippen LogP contribution is -2.56. The van der Waals surface area contributed by atoms with Gasteiger partial charge in [-0.3, -0.25) is 14.5 Å². The van der Waals surface area contributed by atoms with Crippen molar-refractivity contribution in [2.75, 3.05) is 13.2 Å². The molecule has 3 rings (SSSR count). The number of amides is 2. The molecule has 1 N–H and O–H groups in total. The highest BCUT2D eigenvalue weighted by atomic mass is 16.5. The van der Waals surface area contributed by atoms with Gasteiger partial charge in [0, 0.05) is 12.1 Å². The Hall–Kier alpha value is -1.88. The predicted octanol–water partition coefficient (Wildman–Crippen LogP) is 3.27. The molecule has 2 amide bonds. The number of aryl methyl sites for hydroxylation is 1. The lowest BCUT2D eigenvalue weighted by atomic mass is 9.83. The Morgan fingerprint density at radius 1 is 1.31 bits per heavy atom. The summed E-state index contributed by atoms with van der Waals surface area (Å²) in [5.74, 6) is 0.425. The number of carbonyl (C=O) groups is 2. The molecule has 1 aliphatic heterocycles. The van der Waals surface area contributed by atoms with Crippen LogP contribution in [-0.4, -0.2) is 41.6 Å². The third-order valence-corrected chi connectivity index (χ3v) is 5.65. The topological polar surface area (TPSA) is 58.6 Å². The van der Waals surface area contributed by atoms with Crippen LogP contribution in [0.1, 0.15) is 61.9 Å². The van der Waals surface area contributed by atoms with Crippen LogP contribution < -0.4 is 5.32 Å². The Labute approximate surface area is 156 Å². The van der Waals surface area contributed by atoms with Crippen molar-refractivity contribution in [3.63, 3.8) is 0 Å². The summed E-state index contributed by atoms with van der Waals surface area (Å²) in [4.78, 5) is 27.9. The van der Waals surface area contributed by atoms with Crippen LogP contribution >= 0.6 is 0 Å². The van der Waals surface area contributed by atoms with Crippen LogP contribution in [0.25, 0.3) is 0 Å². The van der Waals surface area contributed by atoms with E-state index < -0.39 is 11.8 Å². The summed E-state index contributed by atoms with van der Waals surface area (Å²) >= 11 is 0. The maximum absolute atomic E-state index is 13.4. The molecule has 0 unspecified atom stereocenters. The number of nitrogens with zero attached hydrogens (tertiary/aromatic N) is 1. The number of nitrogens with one attached hydrogen (secondary N) is 1. The quantitative estimate of drug-likeness (QED) is 0.899. The predicted molar refractivity (Wildman–Crippen MR) is 101 cm³/mol. The smallest absolute Gasteiger partial charge is 0.256 e. The number of rotatable bonds is 4. The van der Waals surface area contributed by atoms with Crippen LogP contribution in [0.5, 0.6) is 0 Å². The van der Waals surface area contributed by atoms with E-state index in [0.717, 1.165) is 37.7 Å². The molecular weight excluding hydrogens is 328 g/mol. The lowest BCUT2D eigenvalue weighted by molar-refractivity contribution is -0.127. The highest BCUT2D eigenvalue weighted by molar-refractivity contribution is 5.98. The van der Waals surface area contributed by atoms with Gasteiger partial charge in [0.05, 0.1) is 6.61 Å². The Morgan fingerprint density at radius 2 is 2.04 bits per heavy atom. The first-order chi connectivity index (χ1) is 12.5. The van der Waals surface area contributed by atoms with Crippen molar-refractivity contribution < 1.29 is 14.3 Å². The van der Waals surface area contributed by atoms with Crippen LogP contribution in [0.15, 0.2) is 24.3 Å². The number of hydrogen-bond acceptors (Lipinski definition) is 3. The fourth-order valence-corrected chi connectivity index (χ4v) is 4.06. The van der Waals surface area contributed by atoms with E-state index >= 15 is 0 Å². The molecule has 0 bridgehead atoms. The summed E-state index contributed by atoms with van der Waals surface area (Å²) in [6.45, 7) is 7.12. The van der Waals surface area contributed by atoms with Crippen LogP contribution in [0.3, 0.4) is 0 Å². The monoisotopic (exact) mass is 358 g/mol. The summed E-state index contributed by atoms with van der Waals surface area (Å²) < 4.78 is 6.17. The largest absolute Gasteiger partial charge is 0.354 e. The van der Waals surface area contributed by atoms with Gasteiger partial charge in [0.2, 0.25) is 5.91 Å². The third-order valence-electron chi connectivity index (χ3n) is 5.65. The lowest BCUT2D eigenvalue weighted by Gasteiger charge is -2.43. The van der Waals surface area contributed by atoms with Crippen molar-refractivity contribution in [1.29, 1.82) is 0 Å². The molecule has 1 saturated carbocycles. The molecule has 1 saturated heterocycles. The summed E-state index contributed by atoms with van der Waals surface area (Å²) in [5, 5.41) is 2.94. The van der Waals surface area contributed by atoms with E-state index in [1.165, 1.54) is 0 Å². The molecule has 1 aromatic carbocycles. The van der Waals surface area contributed by atoms with Gasteiger partial charge in [-0.05, 0) is 57.1 Å². The average Bonchev–Trinajstić information content (AvgIpc) is 3.00. The van der Waals surface area contributed by atoms with Crippen molar-refractivity contribution in [3.8, 4) is 0 Å². The minimum Gasteiger partial charge on any atom is -0.354 e. The molecule has 1 aliphatic carbocycles. The van der Waals surface area contributed by atoms with Crippen molar-refractivity contribution in [2.24, 2.45) is 5.92 Å². The van der Waals surface area contributed by atoms with Gasteiger partial charge in [-0.1, -0.05) is 31.5 Å². The zero-order chi connectivity index (χ0) is 18.7. The number of hydrogen-bond donors (Lipinski definition) is 1. The molecule has 2 aliphatic rings. The summed E-state index contributed by atoms with van der Waals surface area (Å²) in [6.07, 6.45) is 4.49.